The normalized spacial score (nSPS) is 11.8. The minimum Gasteiger partial charge on any atom is -0.273 e. The summed E-state index contributed by atoms with van der Waals surface area (Å²) < 4.78 is 0. The molecule has 0 bridgehead atoms. The summed E-state index contributed by atoms with van der Waals surface area (Å²) in [5.74, 6) is -0.0165. The van der Waals surface area contributed by atoms with E-state index in [-0.39, 0.29) is 5.91 Å². The molecule has 1 rings (SSSR count). The summed E-state index contributed by atoms with van der Waals surface area (Å²) in [6.45, 7) is 4.08. The molecule has 0 saturated carbocycles. The number of rotatable bonds is 7. The predicted molar refractivity (Wildman–Crippen MR) is 80.9 cm³/mol. The largest absolute Gasteiger partial charge is 0.273 e. The van der Waals surface area contributed by atoms with E-state index in [9.17, 15) is 4.79 Å². The molecule has 1 amide bonds. The second-order valence-electron chi connectivity index (χ2n) is 4.55. The van der Waals surface area contributed by atoms with Gasteiger partial charge in [-0.3, -0.25) is 4.79 Å². The van der Waals surface area contributed by atoms with Crippen LogP contribution in [-0.4, -0.2) is 12.1 Å². The molecule has 0 heterocycles. The maximum absolute atomic E-state index is 11.4. The van der Waals surface area contributed by atoms with Crippen molar-refractivity contribution in [2.24, 2.45) is 5.10 Å². The molecule has 19 heavy (non-hydrogen) atoms. The van der Waals surface area contributed by atoms with Crippen LogP contribution < -0.4 is 5.43 Å². The number of carbonyl (C=O) groups is 1. The van der Waals surface area contributed by atoms with E-state index in [1.165, 1.54) is 0 Å². The quantitative estimate of drug-likeness (QED) is 0.451. The first-order chi connectivity index (χ1) is 9.22. The molecule has 3 nitrogen and oxygen atoms in total. The van der Waals surface area contributed by atoms with Crippen LogP contribution in [0, 0.1) is 0 Å². The highest BCUT2D eigenvalue weighted by Gasteiger charge is 1.97. The minimum absolute atomic E-state index is 0.0165. The van der Waals surface area contributed by atoms with Crippen LogP contribution in [0.4, 0.5) is 0 Å². The van der Waals surface area contributed by atoms with Crippen molar-refractivity contribution < 1.29 is 4.79 Å². The lowest BCUT2D eigenvalue weighted by Crippen LogP contribution is -2.16. The second-order valence-corrected chi connectivity index (χ2v) is 4.55. The van der Waals surface area contributed by atoms with Gasteiger partial charge >= 0.3 is 0 Å². The smallest absolute Gasteiger partial charge is 0.240 e. The molecule has 0 aromatic heterocycles. The summed E-state index contributed by atoms with van der Waals surface area (Å²) in [5.41, 5.74) is 4.67. The minimum atomic E-state index is -0.0165. The first kappa shape index (κ1) is 15.2. The molecule has 1 aromatic rings. The van der Waals surface area contributed by atoms with E-state index in [0.717, 1.165) is 30.4 Å². The Hall–Kier alpha value is -1.90. The fraction of sp³-hybridized carbons (Fsp3) is 0.375. The van der Waals surface area contributed by atoms with Gasteiger partial charge in [0.2, 0.25) is 5.91 Å². The van der Waals surface area contributed by atoms with Gasteiger partial charge in [-0.1, -0.05) is 56.2 Å². The predicted octanol–water partition coefficient (Wildman–Crippen LogP) is 3.77. The van der Waals surface area contributed by atoms with Crippen molar-refractivity contribution >= 4 is 18.2 Å². The molecule has 0 unspecified atom stereocenters. The van der Waals surface area contributed by atoms with E-state index in [2.05, 4.69) is 17.5 Å². The van der Waals surface area contributed by atoms with Gasteiger partial charge in [0, 0.05) is 6.42 Å². The van der Waals surface area contributed by atoms with E-state index in [4.69, 9.17) is 0 Å². The average molecular weight is 258 g/mol. The number of nitrogens with zero attached hydrogens (tertiary/aromatic N) is 1. The molecule has 0 spiro atoms. The van der Waals surface area contributed by atoms with Gasteiger partial charge in [-0.2, -0.15) is 5.10 Å². The number of hydrogen-bond acceptors (Lipinski definition) is 2. The topological polar surface area (TPSA) is 41.5 Å². The highest BCUT2D eigenvalue weighted by atomic mass is 16.2. The van der Waals surface area contributed by atoms with Crippen LogP contribution in [0.15, 0.2) is 41.0 Å². The van der Waals surface area contributed by atoms with Crippen LogP contribution >= 0.6 is 0 Å². The Bertz CT molecular complexity index is 435. The fourth-order valence-corrected chi connectivity index (χ4v) is 1.65. The number of hydrogen-bond donors (Lipinski definition) is 1. The summed E-state index contributed by atoms with van der Waals surface area (Å²) in [6, 6.07) is 10.0. The van der Waals surface area contributed by atoms with Crippen LogP contribution in [-0.2, 0) is 4.79 Å². The van der Waals surface area contributed by atoms with Gasteiger partial charge in [-0.25, -0.2) is 5.43 Å². The Labute approximate surface area is 115 Å². The Kier molecular flexibility index (Phi) is 7.25. The lowest BCUT2D eigenvalue weighted by Gasteiger charge is -1.99. The van der Waals surface area contributed by atoms with Crippen LogP contribution in [0.1, 0.15) is 45.1 Å². The number of unbranched alkanes of at least 4 members (excludes halogenated alkanes) is 2. The highest BCUT2D eigenvalue weighted by molar-refractivity contribution is 5.86. The average Bonchev–Trinajstić information content (AvgIpc) is 2.40. The number of benzene rings is 1. The molecule has 0 radical (unpaired) electrons. The number of allylic oxidation sites excluding steroid dienone is 1. The lowest BCUT2D eigenvalue weighted by atomic mass is 10.1. The standard InChI is InChI=1S/C16H22N2O/c1-3-4-6-11-16(19)18-17-13-14(2)12-15-9-7-5-8-10-15/h5,7-10,12-13H,3-4,6,11H2,1-2H3,(H,18,19). The zero-order chi connectivity index (χ0) is 13.9. The van der Waals surface area contributed by atoms with Crippen molar-refractivity contribution in [1.82, 2.24) is 5.43 Å². The molecular weight excluding hydrogens is 236 g/mol. The summed E-state index contributed by atoms with van der Waals surface area (Å²) in [6.07, 6.45) is 7.38. The molecular formula is C16H22N2O. The third kappa shape index (κ3) is 7.19. The van der Waals surface area contributed by atoms with Crippen molar-refractivity contribution in [3.63, 3.8) is 0 Å². The van der Waals surface area contributed by atoms with Gasteiger partial charge < -0.3 is 0 Å². The van der Waals surface area contributed by atoms with Gasteiger partial charge in [0.1, 0.15) is 0 Å². The maximum atomic E-state index is 11.4. The van der Waals surface area contributed by atoms with Crippen LogP contribution in [0.2, 0.25) is 0 Å². The number of hydrazone groups is 1. The Morgan fingerprint density at radius 1 is 1.26 bits per heavy atom. The molecule has 0 aliphatic carbocycles. The van der Waals surface area contributed by atoms with E-state index < -0.39 is 0 Å². The molecule has 0 atom stereocenters. The van der Waals surface area contributed by atoms with Crippen molar-refractivity contribution in [2.75, 3.05) is 0 Å². The van der Waals surface area contributed by atoms with E-state index in [1.807, 2.05) is 43.3 Å². The Balaban J connectivity index is 2.36. The third-order valence-corrected chi connectivity index (χ3v) is 2.66. The van der Waals surface area contributed by atoms with Crippen molar-refractivity contribution in [2.45, 2.75) is 39.5 Å². The van der Waals surface area contributed by atoms with Gasteiger partial charge in [0.25, 0.3) is 0 Å². The fourth-order valence-electron chi connectivity index (χ4n) is 1.65. The zero-order valence-electron chi connectivity index (χ0n) is 11.7. The highest BCUT2D eigenvalue weighted by Crippen LogP contribution is 2.04. The van der Waals surface area contributed by atoms with Crippen molar-refractivity contribution in [1.29, 1.82) is 0 Å². The number of amides is 1. The molecule has 0 aliphatic rings. The monoisotopic (exact) mass is 258 g/mol. The van der Waals surface area contributed by atoms with Crippen LogP contribution in [0.5, 0.6) is 0 Å². The summed E-state index contributed by atoms with van der Waals surface area (Å²) in [5, 5.41) is 3.95. The van der Waals surface area contributed by atoms with Crippen molar-refractivity contribution in [3.05, 3.63) is 41.5 Å². The molecule has 3 heteroatoms. The number of carbonyl (C=O) groups excluding carboxylic acids is 1. The molecule has 0 fully saturated rings. The summed E-state index contributed by atoms with van der Waals surface area (Å²) in [7, 11) is 0. The lowest BCUT2D eigenvalue weighted by molar-refractivity contribution is -0.121. The van der Waals surface area contributed by atoms with Gasteiger partial charge in [0.05, 0.1) is 6.21 Å². The van der Waals surface area contributed by atoms with Crippen LogP contribution in [0.25, 0.3) is 6.08 Å². The number of nitrogens with one attached hydrogen (secondary N) is 1. The Morgan fingerprint density at radius 3 is 2.68 bits per heavy atom. The summed E-state index contributed by atoms with van der Waals surface area (Å²) >= 11 is 0. The molecule has 0 aliphatic heterocycles. The maximum Gasteiger partial charge on any atom is 0.240 e. The van der Waals surface area contributed by atoms with Crippen molar-refractivity contribution in [3.8, 4) is 0 Å². The molecule has 102 valence electrons. The molecule has 0 saturated heterocycles. The van der Waals surface area contributed by atoms with Crippen LogP contribution in [0.3, 0.4) is 0 Å². The SMILES string of the molecule is CCCCCC(=O)NN=CC(C)=Cc1ccccc1. The Morgan fingerprint density at radius 2 is 2.00 bits per heavy atom. The third-order valence-electron chi connectivity index (χ3n) is 2.66. The second kappa shape index (κ2) is 9.09. The van der Waals surface area contributed by atoms with Gasteiger partial charge in [-0.15, -0.1) is 0 Å². The molecule has 1 aromatic carbocycles. The molecule has 1 N–H and O–H groups in total. The first-order valence-corrected chi connectivity index (χ1v) is 6.77. The van der Waals surface area contributed by atoms with Gasteiger partial charge in [-0.05, 0) is 24.5 Å². The first-order valence-electron chi connectivity index (χ1n) is 6.77. The zero-order valence-corrected chi connectivity index (χ0v) is 11.7. The van der Waals surface area contributed by atoms with E-state index in [1.54, 1.807) is 6.21 Å². The van der Waals surface area contributed by atoms with E-state index >= 15 is 0 Å². The summed E-state index contributed by atoms with van der Waals surface area (Å²) in [4.78, 5) is 11.4. The van der Waals surface area contributed by atoms with Gasteiger partial charge in [0.15, 0.2) is 0 Å². The van der Waals surface area contributed by atoms with E-state index in [0.29, 0.717) is 6.42 Å².